The largest absolute Gasteiger partial charge is 0.343 e. The molecule has 3 unspecified atom stereocenters. The third-order valence-corrected chi connectivity index (χ3v) is 4.93. The summed E-state index contributed by atoms with van der Waals surface area (Å²) in [7, 11) is 0. The standard InChI is InChI=1S/C16H24N2O2S/c1-5-7-12(13-8-6-9-21-13)18-14(10(2)3)15(19)17-11(4)16(18)20/h6,8-12,14H,5,7H2,1-4H3,(H,17,19). The minimum atomic E-state index is -0.438. The van der Waals surface area contributed by atoms with Crippen molar-refractivity contribution in [3.8, 4) is 0 Å². The molecule has 0 radical (unpaired) electrons. The van der Waals surface area contributed by atoms with Gasteiger partial charge in [-0.15, -0.1) is 11.3 Å². The van der Waals surface area contributed by atoms with Crippen LogP contribution in [0.1, 0.15) is 51.5 Å². The molecule has 0 bridgehead atoms. The first-order valence-corrected chi connectivity index (χ1v) is 8.51. The van der Waals surface area contributed by atoms with Crippen molar-refractivity contribution in [1.82, 2.24) is 10.2 Å². The molecule has 2 amide bonds. The Labute approximate surface area is 130 Å². The molecule has 1 saturated heterocycles. The van der Waals surface area contributed by atoms with Gasteiger partial charge in [-0.1, -0.05) is 33.3 Å². The number of amides is 2. The third-order valence-electron chi connectivity index (χ3n) is 3.95. The normalized spacial score (nSPS) is 24.3. The van der Waals surface area contributed by atoms with Crippen molar-refractivity contribution in [3.05, 3.63) is 22.4 Å². The predicted molar refractivity (Wildman–Crippen MR) is 85.0 cm³/mol. The van der Waals surface area contributed by atoms with Gasteiger partial charge in [0.2, 0.25) is 11.8 Å². The van der Waals surface area contributed by atoms with E-state index in [9.17, 15) is 9.59 Å². The minimum Gasteiger partial charge on any atom is -0.343 e. The molecule has 1 aliphatic rings. The summed E-state index contributed by atoms with van der Waals surface area (Å²) in [4.78, 5) is 28.1. The maximum absolute atomic E-state index is 12.7. The van der Waals surface area contributed by atoms with Crippen LogP contribution in [0.2, 0.25) is 0 Å². The molecule has 2 rings (SSSR count). The molecule has 4 nitrogen and oxygen atoms in total. The lowest BCUT2D eigenvalue weighted by atomic mass is 9.93. The van der Waals surface area contributed by atoms with E-state index < -0.39 is 6.04 Å². The van der Waals surface area contributed by atoms with E-state index in [1.54, 1.807) is 18.3 Å². The zero-order valence-electron chi connectivity index (χ0n) is 13.1. The number of rotatable bonds is 5. The van der Waals surface area contributed by atoms with Crippen LogP contribution in [0.4, 0.5) is 0 Å². The van der Waals surface area contributed by atoms with Crippen LogP contribution in [0.3, 0.4) is 0 Å². The Morgan fingerprint density at radius 3 is 2.62 bits per heavy atom. The average molecular weight is 308 g/mol. The molecule has 21 heavy (non-hydrogen) atoms. The molecule has 1 N–H and O–H groups in total. The molecule has 0 aliphatic carbocycles. The van der Waals surface area contributed by atoms with E-state index in [2.05, 4.69) is 18.3 Å². The Morgan fingerprint density at radius 2 is 2.10 bits per heavy atom. The maximum Gasteiger partial charge on any atom is 0.246 e. The predicted octanol–water partition coefficient (Wildman–Crippen LogP) is 2.96. The lowest BCUT2D eigenvalue weighted by Gasteiger charge is -2.44. The first-order chi connectivity index (χ1) is 9.97. The lowest BCUT2D eigenvalue weighted by molar-refractivity contribution is -0.154. The number of carbonyl (C=O) groups excluding carboxylic acids is 2. The number of nitrogens with one attached hydrogen (secondary N) is 1. The number of piperazine rings is 1. The van der Waals surface area contributed by atoms with E-state index in [0.717, 1.165) is 17.7 Å². The number of nitrogens with zero attached hydrogens (tertiary/aromatic N) is 1. The summed E-state index contributed by atoms with van der Waals surface area (Å²) in [5.41, 5.74) is 0. The first kappa shape index (κ1) is 16.0. The first-order valence-electron chi connectivity index (χ1n) is 7.63. The van der Waals surface area contributed by atoms with Gasteiger partial charge in [-0.05, 0) is 30.7 Å². The van der Waals surface area contributed by atoms with Gasteiger partial charge in [-0.2, -0.15) is 0 Å². The number of thiophene rings is 1. The molecule has 1 aromatic rings. The van der Waals surface area contributed by atoms with Gasteiger partial charge in [0, 0.05) is 4.88 Å². The summed E-state index contributed by atoms with van der Waals surface area (Å²) in [5.74, 6) is 0.0932. The summed E-state index contributed by atoms with van der Waals surface area (Å²) in [6, 6.07) is 3.25. The van der Waals surface area contributed by atoms with Crippen molar-refractivity contribution in [2.24, 2.45) is 5.92 Å². The van der Waals surface area contributed by atoms with Crippen LogP contribution >= 0.6 is 11.3 Å². The van der Waals surface area contributed by atoms with E-state index in [-0.39, 0.29) is 29.8 Å². The van der Waals surface area contributed by atoms with Gasteiger partial charge in [0.15, 0.2) is 0 Å². The van der Waals surface area contributed by atoms with Crippen LogP contribution in [-0.2, 0) is 9.59 Å². The monoisotopic (exact) mass is 308 g/mol. The van der Waals surface area contributed by atoms with Crippen molar-refractivity contribution in [1.29, 1.82) is 0 Å². The van der Waals surface area contributed by atoms with Crippen molar-refractivity contribution in [2.45, 2.75) is 58.7 Å². The average Bonchev–Trinajstić information content (AvgIpc) is 2.93. The topological polar surface area (TPSA) is 49.4 Å². The van der Waals surface area contributed by atoms with Gasteiger partial charge in [-0.25, -0.2) is 0 Å². The van der Waals surface area contributed by atoms with Crippen LogP contribution in [0, 0.1) is 5.92 Å². The van der Waals surface area contributed by atoms with Gasteiger partial charge in [0.1, 0.15) is 12.1 Å². The van der Waals surface area contributed by atoms with E-state index in [1.165, 1.54) is 0 Å². The smallest absolute Gasteiger partial charge is 0.246 e. The van der Waals surface area contributed by atoms with Crippen LogP contribution < -0.4 is 5.32 Å². The fraction of sp³-hybridized carbons (Fsp3) is 0.625. The molecule has 0 saturated carbocycles. The Morgan fingerprint density at radius 1 is 1.38 bits per heavy atom. The molecule has 1 aromatic heterocycles. The highest BCUT2D eigenvalue weighted by atomic mass is 32.1. The molecule has 1 aliphatic heterocycles. The fourth-order valence-electron chi connectivity index (χ4n) is 2.99. The van der Waals surface area contributed by atoms with Crippen molar-refractivity contribution in [2.75, 3.05) is 0 Å². The summed E-state index contributed by atoms with van der Waals surface area (Å²) >= 11 is 1.66. The van der Waals surface area contributed by atoms with Gasteiger partial charge in [0.25, 0.3) is 0 Å². The van der Waals surface area contributed by atoms with Gasteiger partial charge in [-0.3, -0.25) is 9.59 Å². The number of carbonyl (C=O) groups is 2. The highest BCUT2D eigenvalue weighted by molar-refractivity contribution is 7.10. The van der Waals surface area contributed by atoms with E-state index in [0.29, 0.717) is 0 Å². The summed E-state index contributed by atoms with van der Waals surface area (Å²) in [5, 5.41) is 4.83. The maximum atomic E-state index is 12.7. The molecule has 5 heteroatoms. The second-order valence-electron chi connectivity index (χ2n) is 5.98. The van der Waals surface area contributed by atoms with Crippen LogP contribution in [0.15, 0.2) is 17.5 Å². The number of hydrogen-bond donors (Lipinski definition) is 1. The van der Waals surface area contributed by atoms with E-state index in [1.807, 2.05) is 30.2 Å². The second kappa shape index (κ2) is 6.60. The van der Waals surface area contributed by atoms with E-state index in [4.69, 9.17) is 0 Å². The summed E-state index contributed by atoms with van der Waals surface area (Å²) in [6.07, 6.45) is 1.86. The third kappa shape index (κ3) is 3.12. The van der Waals surface area contributed by atoms with Gasteiger partial charge in [0.05, 0.1) is 6.04 Å². The fourth-order valence-corrected chi connectivity index (χ4v) is 3.85. The molecule has 116 valence electrons. The zero-order chi connectivity index (χ0) is 15.6. The molecular formula is C16H24N2O2S. The van der Waals surface area contributed by atoms with Crippen molar-refractivity contribution in [3.63, 3.8) is 0 Å². The SMILES string of the molecule is CCCC(c1cccs1)N1C(=O)C(C)NC(=O)C1C(C)C. The Balaban J connectivity index is 2.41. The van der Waals surface area contributed by atoms with Crippen LogP contribution in [0.25, 0.3) is 0 Å². The molecule has 1 fully saturated rings. The molecule has 0 spiro atoms. The highest BCUT2D eigenvalue weighted by Gasteiger charge is 2.43. The van der Waals surface area contributed by atoms with E-state index >= 15 is 0 Å². The second-order valence-corrected chi connectivity index (χ2v) is 6.96. The van der Waals surface area contributed by atoms with Gasteiger partial charge < -0.3 is 10.2 Å². The molecule has 0 aromatic carbocycles. The number of hydrogen-bond acceptors (Lipinski definition) is 3. The zero-order valence-corrected chi connectivity index (χ0v) is 13.9. The molecular weight excluding hydrogens is 284 g/mol. The Hall–Kier alpha value is -1.36. The molecule has 2 heterocycles. The quantitative estimate of drug-likeness (QED) is 0.909. The highest BCUT2D eigenvalue weighted by Crippen LogP contribution is 2.34. The van der Waals surface area contributed by atoms with Crippen molar-refractivity contribution < 1.29 is 9.59 Å². The Kier molecular flexibility index (Phi) is 5.04. The Bertz CT molecular complexity index is 498. The van der Waals surface area contributed by atoms with Crippen LogP contribution in [0.5, 0.6) is 0 Å². The van der Waals surface area contributed by atoms with Crippen LogP contribution in [-0.4, -0.2) is 28.8 Å². The molecule has 3 atom stereocenters. The van der Waals surface area contributed by atoms with Gasteiger partial charge >= 0.3 is 0 Å². The summed E-state index contributed by atoms with van der Waals surface area (Å²) in [6.45, 7) is 7.87. The van der Waals surface area contributed by atoms with Crippen molar-refractivity contribution >= 4 is 23.2 Å². The summed E-state index contributed by atoms with van der Waals surface area (Å²) < 4.78 is 0. The minimum absolute atomic E-state index is 0.00315. The lowest BCUT2D eigenvalue weighted by Crippen LogP contribution is -2.64.